The summed E-state index contributed by atoms with van der Waals surface area (Å²) in [5.41, 5.74) is 15.1. The van der Waals surface area contributed by atoms with Crippen LogP contribution in [0.2, 0.25) is 0 Å². The molecule has 2 heterocycles. The van der Waals surface area contributed by atoms with Crippen LogP contribution in [0.3, 0.4) is 0 Å². The van der Waals surface area contributed by atoms with Crippen molar-refractivity contribution in [2.75, 3.05) is 0 Å². The fraction of sp³-hybridized carbons (Fsp3) is 0.127. The molecular weight excluding hydrogens is 749 g/mol. The van der Waals surface area contributed by atoms with E-state index >= 15 is 0 Å². The smallest absolute Gasteiger partial charge is 0.161 e. The van der Waals surface area contributed by atoms with Crippen LogP contribution >= 0.6 is 11.8 Å². The second-order valence-corrected chi connectivity index (χ2v) is 16.8. The van der Waals surface area contributed by atoms with E-state index in [1.807, 2.05) is 60.3 Å². The second kappa shape index (κ2) is 16.2. The molecule has 0 radical (unpaired) electrons. The second-order valence-electron chi connectivity index (χ2n) is 15.7. The molecular formula is C55H44N4S. The van der Waals surface area contributed by atoms with Gasteiger partial charge in [-0.15, -0.1) is 0 Å². The van der Waals surface area contributed by atoms with Crippen LogP contribution in [-0.4, -0.2) is 24.1 Å². The largest absolute Gasteiger partial charge is 0.283 e. The highest BCUT2D eigenvalue weighted by Gasteiger charge is 2.50. The molecule has 2 aliphatic heterocycles. The van der Waals surface area contributed by atoms with Gasteiger partial charge in [-0.3, -0.25) is 10.4 Å². The van der Waals surface area contributed by atoms with E-state index in [0.717, 1.165) is 54.4 Å². The monoisotopic (exact) mass is 792 g/mol. The van der Waals surface area contributed by atoms with E-state index in [9.17, 15) is 0 Å². The molecule has 0 bridgehead atoms. The molecule has 290 valence electrons. The van der Waals surface area contributed by atoms with E-state index in [1.54, 1.807) is 12.3 Å². The molecule has 0 aromatic heterocycles. The van der Waals surface area contributed by atoms with E-state index in [2.05, 4.69) is 133 Å². The van der Waals surface area contributed by atoms with Crippen LogP contribution < -0.4 is 0 Å². The molecule has 5 heteroatoms. The number of aliphatic imine (C=N–C) groups is 3. The van der Waals surface area contributed by atoms with Crippen LogP contribution in [0.15, 0.2) is 218 Å². The first-order chi connectivity index (χ1) is 29.6. The molecule has 3 aliphatic carbocycles. The molecule has 4 nitrogen and oxygen atoms in total. The Morgan fingerprint density at radius 2 is 1.55 bits per heavy atom. The van der Waals surface area contributed by atoms with Crippen molar-refractivity contribution in [1.29, 1.82) is 5.41 Å². The molecule has 0 fully saturated rings. The fourth-order valence-corrected chi connectivity index (χ4v) is 10.5. The molecule has 0 saturated heterocycles. The number of allylic oxidation sites excluding steroid dienone is 11. The van der Waals surface area contributed by atoms with Crippen LogP contribution in [0.25, 0.3) is 17.2 Å². The van der Waals surface area contributed by atoms with Gasteiger partial charge in [-0.2, -0.15) is 0 Å². The van der Waals surface area contributed by atoms with Crippen LogP contribution in [0.1, 0.15) is 77.0 Å². The lowest BCUT2D eigenvalue weighted by Gasteiger charge is -2.40. The van der Waals surface area contributed by atoms with Gasteiger partial charge >= 0.3 is 0 Å². The van der Waals surface area contributed by atoms with E-state index < -0.39 is 5.41 Å². The Hall–Kier alpha value is -6.69. The Morgan fingerprint density at radius 3 is 2.32 bits per heavy atom. The molecule has 5 aromatic rings. The van der Waals surface area contributed by atoms with Crippen molar-refractivity contribution in [3.8, 4) is 11.1 Å². The maximum absolute atomic E-state index is 8.72. The van der Waals surface area contributed by atoms with E-state index in [4.69, 9.17) is 15.4 Å². The molecule has 1 atom stereocenters. The van der Waals surface area contributed by atoms with Gasteiger partial charge in [-0.25, -0.2) is 9.98 Å². The maximum Gasteiger partial charge on any atom is 0.161 e. The highest BCUT2D eigenvalue weighted by Crippen LogP contribution is 2.62. The lowest BCUT2D eigenvalue weighted by Crippen LogP contribution is -2.32. The number of nitrogens with one attached hydrogen (secondary N) is 1. The van der Waals surface area contributed by atoms with Crippen LogP contribution in [0, 0.1) is 5.41 Å². The highest BCUT2D eigenvalue weighted by molar-refractivity contribution is 7.99. The molecule has 1 unspecified atom stereocenters. The molecule has 10 rings (SSSR count). The normalized spacial score (nSPS) is 18.6. The summed E-state index contributed by atoms with van der Waals surface area (Å²) in [4.78, 5) is 17.1. The molecule has 5 aliphatic rings. The minimum Gasteiger partial charge on any atom is -0.283 e. The van der Waals surface area contributed by atoms with Crippen molar-refractivity contribution >= 4 is 41.9 Å². The van der Waals surface area contributed by atoms with Crippen molar-refractivity contribution in [2.45, 2.75) is 53.2 Å². The maximum atomic E-state index is 8.72. The van der Waals surface area contributed by atoms with Crippen molar-refractivity contribution < 1.29 is 0 Å². The van der Waals surface area contributed by atoms with Crippen molar-refractivity contribution in [3.63, 3.8) is 0 Å². The van der Waals surface area contributed by atoms with Gasteiger partial charge in [0.2, 0.25) is 0 Å². The molecule has 0 saturated carbocycles. The van der Waals surface area contributed by atoms with Gasteiger partial charge in [-0.1, -0.05) is 170 Å². The Labute approximate surface area is 356 Å². The van der Waals surface area contributed by atoms with Gasteiger partial charge in [0.1, 0.15) is 5.84 Å². The Bertz CT molecular complexity index is 2810. The van der Waals surface area contributed by atoms with Gasteiger partial charge in [0, 0.05) is 33.7 Å². The van der Waals surface area contributed by atoms with Gasteiger partial charge in [0.15, 0.2) is 5.84 Å². The molecule has 0 amide bonds. The van der Waals surface area contributed by atoms with E-state index in [1.165, 1.54) is 60.0 Å². The van der Waals surface area contributed by atoms with Crippen LogP contribution in [-0.2, 0) is 5.41 Å². The summed E-state index contributed by atoms with van der Waals surface area (Å²) in [6, 6.07) is 42.0. The predicted molar refractivity (Wildman–Crippen MR) is 252 cm³/mol. The molecule has 1 spiro atoms. The summed E-state index contributed by atoms with van der Waals surface area (Å²) in [5, 5.41) is 8.72. The number of hydrogen-bond donors (Lipinski definition) is 1. The number of rotatable bonds is 7. The standard InChI is InChI=1S/C55H44N4S/c1-2-37(36-58-54(41-20-7-4-8-21-41)59-53(56)40-18-5-3-6-19-40)16-13-17-38-29-31-50-48(34-38)55(46-27-11-9-24-44(46)45-25-10-12-28-47(45)55)49-35-42(30-32-51(49)60-50)43-26-14-22-39-23-15-33-57-52(39)43/h2-5,7-14,16-18,20-22,24-25,27-36,43,56H,1,6,15,19,23,26H2/b17-13+,37-16+,56-53?,58-36?,59-54?. The number of benzene rings is 5. The summed E-state index contributed by atoms with van der Waals surface area (Å²) >= 11 is 1.88. The quantitative estimate of drug-likeness (QED) is 0.0975. The number of nitrogens with zero attached hydrogens (tertiary/aromatic N) is 3. The first-order valence-electron chi connectivity index (χ1n) is 20.8. The summed E-state index contributed by atoms with van der Waals surface area (Å²) in [6.45, 7) is 4.10. The first-order valence-corrected chi connectivity index (χ1v) is 21.7. The molecule has 1 N–H and O–H groups in total. The van der Waals surface area contributed by atoms with Gasteiger partial charge < -0.3 is 0 Å². The predicted octanol–water partition coefficient (Wildman–Crippen LogP) is 13.6. The molecule has 5 aromatic carbocycles. The van der Waals surface area contributed by atoms with Crippen LogP contribution in [0.4, 0.5) is 0 Å². The highest BCUT2D eigenvalue weighted by atomic mass is 32.2. The Kier molecular flexibility index (Phi) is 10.1. The SMILES string of the molecule is C=C/C(C=NC(=NC(=N)C1=CC=CCC1)c1ccccc1)=C\C=C\c1ccc2c(c1)C1(c3cc(C4CC=CC5=C4N=CCC5)ccc3S2)c2ccccc2-c2ccccc21. The van der Waals surface area contributed by atoms with Gasteiger partial charge in [-0.05, 0) is 112 Å². The lowest BCUT2D eigenvalue weighted by molar-refractivity contribution is 0.707. The van der Waals surface area contributed by atoms with Crippen molar-refractivity contribution in [1.82, 2.24) is 0 Å². The summed E-state index contributed by atoms with van der Waals surface area (Å²) in [6.07, 6.45) is 27.4. The number of amidine groups is 2. The average Bonchev–Trinajstić information content (AvgIpc) is 3.60. The topological polar surface area (TPSA) is 60.9 Å². The van der Waals surface area contributed by atoms with Crippen LogP contribution in [0.5, 0.6) is 0 Å². The summed E-state index contributed by atoms with van der Waals surface area (Å²) < 4.78 is 0. The zero-order chi connectivity index (χ0) is 40.5. The van der Waals surface area contributed by atoms with E-state index in [-0.39, 0.29) is 11.8 Å². The minimum absolute atomic E-state index is 0.236. The average molecular weight is 793 g/mol. The van der Waals surface area contributed by atoms with Crippen molar-refractivity contribution in [2.24, 2.45) is 15.0 Å². The third-order valence-corrected chi connectivity index (χ3v) is 13.4. The first kappa shape index (κ1) is 37.6. The minimum atomic E-state index is -0.486. The third-order valence-electron chi connectivity index (χ3n) is 12.2. The summed E-state index contributed by atoms with van der Waals surface area (Å²) in [7, 11) is 0. The number of hydrogen-bond acceptors (Lipinski definition) is 3. The van der Waals surface area contributed by atoms with E-state index in [0.29, 0.717) is 5.84 Å². The zero-order valence-electron chi connectivity index (χ0n) is 33.4. The Morgan fingerprint density at radius 1 is 0.800 bits per heavy atom. The summed E-state index contributed by atoms with van der Waals surface area (Å²) in [5.74, 6) is 0.972. The van der Waals surface area contributed by atoms with Crippen molar-refractivity contribution in [3.05, 3.63) is 232 Å². The number of fused-ring (bicyclic) bond motifs is 9. The zero-order valence-corrected chi connectivity index (χ0v) is 34.2. The fourth-order valence-electron chi connectivity index (χ4n) is 9.39. The third kappa shape index (κ3) is 6.69. The van der Waals surface area contributed by atoms with Gasteiger partial charge in [0.25, 0.3) is 0 Å². The lowest BCUT2D eigenvalue weighted by atomic mass is 9.66. The molecule has 60 heavy (non-hydrogen) atoms. The Balaban J connectivity index is 1.04. The van der Waals surface area contributed by atoms with Gasteiger partial charge in [0.05, 0.1) is 11.1 Å².